The lowest BCUT2D eigenvalue weighted by molar-refractivity contribution is -0.118. The second-order valence-electron chi connectivity index (χ2n) is 4.55. The summed E-state index contributed by atoms with van der Waals surface area (Å²) in [6, 6.07) is 9.37. The Kier molecular flexibility index (Phi) is 4.83. The van der Waals surface area contributed by atoms with Gasteiger partial charge >= 0.3 is 0 Å². The van der Waals surface area contributed by atoms with E-state index in [4.69, 9.17) is 4.74 Å². The highest BCUT2D eigenvalue weighted by atomic mass is 19.2. The minimum Gasteiger partial charge on any atom is -0.484 e. The van der Waals surface area contributed by atoms with Crippen LogP contribution in [0.25, 0.3) is 0 Å². The molecule has 2 aromatic rings. The van der Waals surface area contributed by atoms with Gasteiger partial charge in [0.1, 0.15) is 5.75 Å². The molecule has 0 saturated heterocycles. The van der Waals surface area contributed by atoms with Crippen molar-refractivity contribution in [2.45, 2.75) is 6.92 Å². The van der Waals surface area contributed by atoms with Crippen molar-refractivity contribution in [1.82, 2.24) is 0 Å². The SMILES string of the molecule is CC(=O)c1ccc(OCC(=O)Nc2ccc(F)c(F)c2)cc1. The molecule has 1 amide bonds. The Morgan fingerprint density at radius 2 is 1.73 bits per heavy atom. The zero-order valence-electron chi connectivity index (χ0n) is 11.7. The highest BCUT2D eigenvalue weighted by molar-refractivity contribution is 5.94. The van der Waals surface area contributed by atoms with Gasteiger partial charge in [0.2, 0.25) is 0 Å². The molecule has 0 aromatic heterocycles. The quantitative estimate of drug-likeness (QED) is 0.863. The molecule has 114 valence electrons. The first kappa shape index (κ1) is 15.6. The average Bonchev–Trinajstić information content (AvgIpc) is 2.49. The molecule has 0 aliphatic carbocycles. The standard InChI is InChI=1S/C16H13F2NO3/c1-10(20)11-2-5-13(6-3-11)22-9-16(21)19-12-4-7-14(17)15(18)8-12/h2-8H,9H2,1H3,(H,19,21). The van der Waals surface area contributed by atoms with Gasteiger partial charge in [0.25, 0.3) is 5.91 Å². The highest BCUT2D eigenvalue weighted by Gasteiger charge is 2.07. The lowest BCUT2D eigenvalue weighted by Gasteiger charge is -2.08. The Hall–Kier alpha value is -2.76. The first-order chi connectivity index (χ1) is 10.5. The van der Waals surface area contributed by atoms with E-state index in [1.807, 2.05) is 0 Å². The molecule has 0 heterocycles. The molecule has 2 aromatic carbocycles. The molecule has 0 aliphatic heterocycles. The topological polar surface area (TPSA) is 55.4 Å². The third-order valence-corrected chi connectivity index (χ3v) is 2.83. The second kappa shape index (κ2) is 6.80. The van der Waals surface area contributed by atoms with E-state index in [-0.39, 0.29) is 18.1 Å². The molecule has 0 unspecified atom stereocenters. The molecule has 6 heteroatoms. The number of carbonyl (C=O) groups is 2. The van der Waals surface area contributed by atoms with Crippen LogP contribution in [0, 0.1) is 11.6 Å². The molecule has 0 atom stereocenters. The number of ketones is 1. The second-order valence-corrected chi connectivity index (χ2v) is 4.55. The smallest absolute Gasteiger partial charge is 0.262 e. The van der Waals surface area contributed by atoms with Gasteiger partial charge in [-0.3, -0.25) is 9.59 Å². The Morgan fingerprint density at radius 3 is 2.32 bits per heavy atom. The number of benzene rings is 2. The van der Waals surface area contributed by atoms with Gasteiger partial charge in [-0.15, -0.1) is 0 Å². The molecule has 4 nitrogen and oxygen atoms in total. The van der Waals surface area contributed by atoms with Crippen LogP contribution < -0.4 is 10.1 Å². The molecule has 0 aliphatic rings. The normalized spacial score (nSPS) is 10.1. The lowest BCUT2D eigenvalue weighted by Crippen LogP contribution is -2.20. The van der Waals surface area contributed by atoms with Crippen LogP contribution in [-0.4, -0.2) is 18.3 Å². The summed E-state index contributed by atoms with van der Waals surface area (Å²) in [6.07, 6.45) is 0. The maximum atomic E-state index is 13.0. The summed E-state index contributed by atoms with van der Waals surface area (Å²) in [5, 5.41) is 2.39. The fourth-order valence-corrected chi connectivity index (χ4v) is 1.71. The zero-order chi connectivity index (χ0) is 16.1. The summed E-state index contributed by atoms with van der Waals surface area (Å²) in [5.74, 6) is -2.19. The molecule has 1 N–H and O–H groups in total. The number of halogens is 2. The number of hydrogen-bond donors (Lipinski definition) is 1. The van der Waals surface area contributed by atoms with Gasteiger partial charge in [0, 0.05) is 17.3 Å². The number of nitrogens with one attached hydrogen (secondary N) is 1. The number of amides is 1. The summed E-state index contributed by atoms with van der Waals surface area (Å²) in [7, 11) is 0. The number of ether oxygens (including phenoxy) is 1. The van der Waals surface area contributed by atoms with E-state index in [9.17, 15) is 18.4 Å². The summed E-state index contributed by atoms with van der Waals surface area (Å²) in [6.45, 7) is 1.16. The van der Waals surface area contributed by atoms with Gasteiger partial charge in [-0.2, -0.15) is 0 Å². The van der Waals surface area contributed by atoms with Gasteiger partial charge in [-0.1, -0.05) is 0 Å². The molecule has 22 heavy (non-hydrogen) atoms. The van der Waals surface area contributed by atoms with Crippen LogP contribution in [0.3, 0.4) is 0 Å². The molecule has 0 bridgehead atoms. The fourth-order valence-electron chi connectivity index (χ4n) is 1.71. The van der Waals surface area contributed by atoms with Crippen LogP contribution in [0.1, 0.15) is 17.3 Å². The van der Waals surface area contributed by atoms with Crippen molar-refractivity contribution in [3.8, 4) is 5.75 Å². The molecule has 0 saturated carbocycles. The Balaban J connectivity index is 1.89. The predicted octanol–water partition coefficient (Wildman–Crippen LogP) is 3.18. The lowest BCUT2D eigenvalue weighted by atomic mass is 10.1. The molecule has 2 rings (SSSR count). The van der Waals surface area contributed by atoms with Crippen molar-refractivity contribution < 1.29 is 23.1 Å². The van der Waals surface area contributed by atoms with E-state index in [2.05, 4.69) is 5.32 Å². The van der Waals surface area contributed by atoms with Crippen molar-refractivity contribution >= 4 is 17.4 Å². The molecular formula is C16H13F2NO3. The van der Waals surface area contributed by atoms with E-state index in [0.29, 0.717) is 11.3 Å². The number of anilines is 1. The predicted molar refractivity (Wildman–Crippen MR) is 76.9 cm³/mol. The van der Waals surface area contributed by atoms with Gasteiger partial charge in [0.05, 0.1) is 0 Å². The summed E-state index contributed by atoms with van der Waals surface area (Å²) in [5.41, 5.74) is 0.679. The third-order valence-electron chi connectivity index (χ3n) is 2.83. The van der Waals surface area contributed by atoms with Crippen molar-refractivity contribution in [1.29, 1.82) is 0 Å². The number of rotatable bonds is 5. The van der Waals surface area contributed by atoms with E-state index < -0.39 is 17.5 Å². The maximum absolute atomic E-state index is 13.0. The van der Waals surface area contributed by atoms with Crippen LogP contribution in [0.15, 0.2) is 42.5 Å². The first-order valence-corrected chi connectivity index (χ1v) is 6.44. The van der Waals surface area contributed by atoms with Crippen molar-refractivity contribution in [3.63, 3.8) is 0 Å². The maximum Gasteiger partial charge on any atom is 0.262 e. The van der Waals surface area contributed by atoms with Gasteiger partial charge in [-0.25, -0.2) is 8.78 Å². The van der Waals surface area contributed by atoms with Crippen LogP contribution in [-0.2, 0) is 4.79 Å². The summed E-state index contributed by atoms with van der Waals surface area (Å²) >= 11 is 0. The average molecular weight is 305 g/mol. The van der Waals surface area contributed by atoms with Crippen LogP contribution in [0.5, 0.6) is 5.75 Å². The van der Waals surface area contributed by atoms with Gasteiger partial charge in [-0.05, 0) is 43.3 Å². The minimum absolute atomic E-state index is 0.0670. The molecule has 0 fully saturated rings. The molecule has 0 radical (unpaired) electrons. The monoisotopic (exact) mass is 305 g/mol. The van der Waals surface area contributed by atoms with Crippen LogP contribution in [0.4, 0.5) is 14.5 Å². The van der Waals surface area contributed by atoms with Gasteiger partial charge in [0.15, 0.2) is 24.0 Å². The zero-order valence-corrected chi connectivity index (χ0v) is 11.7. The van der Waals surface area contributed by atoms with E-state index >= 15 is 0 Å². The number of Topliss-reactive ketones (excluding diaryl/α,β-unsaturated/α-hetero) is 1. The van der Waals surface area contributed by atoms with Crippen molar-refractivity contribution in [2.24, 2.45) is 0 Å². The van der Waals surface area contributed by atoms with Crippen LogP contribution in [0.2, 0.25) is 0 Å². The number of hydrogen-bond acceptors (Lipinski definition) is 3. The van der Waals surface area contributed by atoms with Crippen molar-refractivity contribution in [3.05, 3.63) is 59.7 Å². The third kappa shape index (κ3) is 4.12. The van der Waals surface area contributed by atoms with E-state index in [1.165, 1.54) is 13.0 Å². The molecule has 0 spiro atoms. The Bertz CT molecular complexity index is 699. The Morgan fingerprint density at radius 1 is 1.05 bits per heavy atom. The van der Waals surface area contributed by atoms with E-state index in [0.717, 1.165) is 12.1 Å². The summed E-state index contributed by atoms with van der Waals surface area (Å²) in [4.78, 5) is 22.8. The fraction of sp³-hybridized carbons (Fsp3) is 0.125. The minimum atomic E-state index is -1.04. The molecular weight excluding hydrogens is 292 g/mol. The number of carbonyl (C=O) groups excluding carboxylic acids is 2. The van der Waals surface area contributed by atoms with Crippen molar-refractivity contribution in [2.75, 3.05) is 11.9 Å². The van der Waals surface area contributed by atoms with E-state index in [1.54, 1.807) is 24.3 Å². The summed E-state index contributed by atoms with van der Waals surface area (Å²) < 4.78 is 31.0. The van der Waals surface area contributed by atoms with Gasteiger partial charge < -0.3 is 10.1 Å². The first-order valence-electron chi connectivity index (χ1n) is 6.44. The van der Waals surface area contributed by atoms with Crippen LogP contribution >= 0.6 is 0 Å². The highest BCUT2D eigenvalue weighted by Crippen LogP contribution is 2.14. The largest absolute Gasteiger partial charge is 0.484 e. The Labute approximate surface area is 125 Å².